The zero-order valence-electron chi connectivity index (χ0n) is 10.9. The highest BCUT2D eigenvalue weighted by Crippen LogP contribution is 2.17. The average molecular weight is 265 g/mol. The van der Waals surface area contributed by atoms with Gasteiger partial charge in [-0.15, -0.1) is 0 Å². The molecule has 3 N–H and O–H groups in total. The largest absolute Gasteiger partial charge is 0.465 e. The number of rotatable bonds is 3. The van der Waals surface area contributed by atoms with Gasteiger partial charge >= 0.3 is 6.09 Å². The van der Waals surface area contributed by atoms with Gasteiger partial charge in [-0.25, -0.2) is 4.79 Å². The highest BCUT2D eigenvalue weighted by molar-refractivity contribution is 5.65. The molecule has 2 rings (SSSR count). The lowest BCUT2D eigenvalue weighted by atomic mass is 9.92. The molecule has 1 aromatic rings. The van der Waals surface area contributed by atoms with Gasteiger partial charge in [0.1, 0.15) is 0 Å². The van der Waals surface area contributed by atoms with Crippen LogP contribution in [0.2, 0.25) is 0 Å². The van der Waals surface area contributed by atoms with Crippen LogP contribution in [0, 0.1) is 5.92 Å². The molecule has 0 spiro atoms. The van der Waals surface area contributed by atoms with E-state index in [1.807, 2.05) is 25.1 Å². The number of piperidine rings is 1. The fourth-order valence-corrected chi connectivity index (χ4v) is 2.35. The molecular formula is C13H19N3O3. The quantitative estimate of drug-likeness (QED) is 0.742. The van der Waals surface area contributed by atoms with Gasteiger partial charge in [0.2, 0.25) is 0 Å². The van der Waals surface area contributed by atoms with Crippen molar-refractivity contribution in [3.63, 3.8) is 0 Å². The lowest BCUT2D eigenvalue weighted by Crippen LogP contribution is -2.58. The van der Waals surface area contributed by atoms with Crippen molar-refractivity contribution >= 4 is 6.09 Å². The summed E-state index contributed by atoms with van der Waals surface area (Å²) in [4.78, 5) is 16.6. The average Bonchev–Trinajstić information content (AvgIpc) is 2.41. The van der Waals surface area contributed by atoms with E-state index in [0.717, 1.165) is 5.69 Å². The third-order valence-electron chi connectivity index (χ3n) is 3.46. The van der Waals surface area contributed by atoms with Crippen LogP contribution in [0.1, 0.15) is 12.6 Å². The van der Waals surface area contributed by atoms with E-state index in [9.17, 15) is 9.90 Å². The zero-order valence-corrected chi connectivity index (χ0v) is 10.9. The fraction of sp³-hybridized carbons (Fsp3) is 0.538. The van der Waals surface area contributed by atoms with Crippen LogP contribution < -0.4 is 5.32 Å². The lowest BCUT2D eigenvalue weighted by molar-refractivity contribution is 0.00853. The first-order valence-electron chi connectivity index (χ1n) is 6.37. The fourth-order valence-electron chi connectivity index (χ4n) is 2.35. The maximum atomic E-state index is 11.0. The van der Waals surface area contributed by atoms with E-state index in [-0.39, 0.29) is 12.0 Å². The van der Waals surface area contributed by atoms with Crippen LogP contribution in [0.15, 0.2) is 24.4 Å². The standard InChI is InChI=1S/C13H19N3O3/c1-9-7-16(13(18)19)8-11(12(9)17)15-6-10-4-2-3-5-14-10/h2-5,9,11-12,15,17H,6-8H2,1H3,(H,18,19). The number of aliphatic hydroxyl groups is 1. The van der Waals surface area contributed by atoms with Gasteiger partial charge in [-0.2, -0.15) is 0 Å². The minimum absolute atomic E-state index is 0.0777. The van der Waals surface area contributed by atoms with Crippen LogP contribution in [0.4, 0.5) is 4.79 Å². The molecule has 0 radical (unpaired) electrons. The molecule has 1 saturated heterocycles. The van der Waals surface area contributed by atoms with E-state index in [1.54, 1.807) is 6.20 Å². The highest BCUT2D eigenvalue weighted by atomic mass is 16.4. The molecule has 1 amide bonds. The molecule has 2 heterocycles. The van der Waals surface area contributed by atoms with Gasteiger partial charge in [-0.1, -0.05) is 13.0 Å². The number of likely N-dealkylation sites (tertiary alicyclic amines) is 1. The Bertz CT molecular complexity index is 426. The van der Waals surface area contributed by atoms with Crippen LogP contribution in [0.3, 0.4) is 0 Å². The maximum Gasteiger partial charge on any atom is 0.407 e. The monoisotopic (exact) mass is 265 g/mol. The predicted molar refractivity (Wildman–Crippen MR) is 69.6 cm³/mol. The van der Waals surface area contributed by atoms with Crippen molar-refractivity contribution in [3.8, 4) is 0 Å². The Morgan fingerprint density at radius 1 is 1.53 bits per heavy atom. The van der Waals surface area contributed by atoms with Gasteiger partial charge in [0.05, 0.1) is 17.8 Å². The molecule has 0 aromatic carbocycles. The zero-order chi connectivity index (χ0) is 13.8. The van der Waals surface area contributed by atoms with E-state index >= 15 is 0 Å². The molecule has 0 bridgehead atoms. The molecule has 3 unspecified atom stereocenters. The summed E-state index contributed by atoms with van der Waals surface area (Å²) in [6.07, 6.45) is 0.225. The maximum absolute atomic E-state index is 11.0. The molecular weight excluding hydrogens is 246 g/mol. The number of hydrogen-bond acceptors (Lipinski definition) is 4. The van der Waals surface area contributed by atoms with E-state index in [4.69, 9.17) is 5.11 Å². The Hall–Kier alpha value is -1.66. The normalized spacial score (nSPS) is 27.3. The van der Waals surface area contributed by atoms with Crippen molar-refractivity contribution in [1.29, 1.82) is 0 Å². The molecule has 104 valence electrons. The number of amides is 1. The van der Waals surface area contributed by atoms with Gasteiger partial charge in [-0.05, 0) is 12.1 Å². The van der Waals surface area contributed by atoms with Crippen LogP contribution in [0.5, 0.6) is 0 Å². The summed E-state index contributed by atoms with van der Waals surface area (Å²) < 4.78 is 0. The first kappa shape index (κ1) is 13.8. The van der Waals surface area contributed by atoms with Crippen molar-refractivity contribution in [3.05, 3.63) is 30.1 Å². The topological polar surface area (TPSA) is 85.7 Å². The molecule has 19 heavy (non-hydrogen) atoms. The van der Waals surface area contributed by atoms with Crippen LogP contribution in [-0.4, -0.2) is 51.4 Å². The second kappa shape index (κ2) is 5.99. The van der Waals surface area contributed by atoms with Crippen LogP contribution in [-0.2, 0) is 6.54 Å². The highest BCUT2D eigenvalue weighted by Gasteiger charge is 2.34. The van der Waals surface area contributed by atoms with Crippen LogP contribution >= 0.6 is 0 Å². The predicted octanol–water partition coefficient (Wildman–Crippen LogP) is 0.530. The van der Waals surface area contributed by atoms with Gasteiger partial charge < -0.3 is 20.4 Å². The van der Waals surface area contributed by atoms with Crippen molar-refractivity contribution in [2.45, 2.75) is 25.6 Å². The van der Waals surface area contributed by atoms with Gasteiger partial charge in [-0.3, -0.25) is 4.98 Å². The Labute approximate surface area is 112 Å². The number of aromatic nitrogens is 1. The molecule has 1 fully saturated rings. The van der Waals surface area contributed by atoms with E-state index < -0.39 is 12.2 Å². The molecule has 1 aliphatic heterocycles. The first-order chi connectivity index (χ1) is 9.08. The van der Waals surface area contributed by atoms with Crippen molar-refractivity contribution < 1.29 is 15.0 Å². The van der Waals surface area contributed by atoms with E-state index in [0.29, 0.717) is 19.6 Å². The molecule has 3 atom stereocenters. The van der Waals surface area contributed by atoms with Crippen molar-refractivity contribution in [2.24, 2.45) is 5.92 Å². The van der Waals surface area contributed by atoms with Crippen LogP contribution in [0.25, 0.3) is 0 Å². The number of hydrogen-bond donors (Lipinski definition) is 3. The first-order valence-corrected chi connectivity index (χ1v) is 6.37. The molecule has 6 heteroatoms. The lowest BCUT2D eigenvalue weighted by Gasteiger charge is -2.39. The second-order valence-corrected chi connectivity index (χ2v) is 4.96. The number of nitrogens with zero attached hydrogens (tertiary/aromatic N) is 2. The molecule has 6 nitrogen and oxygen atoms in total. The molecule has 1 aliphatic rings. The Morgan fingerprint density at radius 2 is 2.32 bits per heavy atom. The summed E-state index contributed by atoms with van der Waals surface area (Å²) in [5.41, 5.74) is 0.870. The van der Waals surface area contributed by atoms with E-state index in [2.05, 4.69) is 10.3 Å². The van der Waals surface area contributed by atoms with Gasteiger partial charge in [0.25, 0.3) is 0 Å². The minimum atomic E-state index is -0.941. The number of pyridine rings is 1. The minimum Gasteiger partial charge on any atom is -0.465 e. The summed E-state index contributed by atoms with van der Waals surface area (Å²) in [6, 6.07) is 5.36. The Kier molecular flexibility index (Phi) is 4.34. The number of carboxylic acid groups (broad SMARTS) is 1. The van der Waals surface area contributed by atoms with E-state index in [1.165, 1.54) is 4.90 Å². The van der Waals surface area contributed by atoms with Gasteiger partial charge in [0, 0.05) is 31.7 Å². The summed E-state index contributed by atoms with van der Waals surface area (Å²) in [6.45, 7) is 3.05. The number of carbonyl (C=O) groups is 1. The summed E-state index contributed by atoms with van der Waals surface area (Å²) >= 11 is 0. The van der Waals surface area contributed by atoms with Crippen molar-refractivity contribution in [2.75, 3.05) is 13.1 Å². The van der Waals surface area contributed by atoms with Gasteiger partial charge in [0.15, 0.2) is 0 Å². The third-order valence-corrected chi connectivity index (χ3v) is 3.46. The summed E-state index contributed by atoms with van der Waals surface area (Å²) in [7, 11) is 0. The third kappa shape index (κ3) is 3.42. The molecule has 1 aromatic heterocycles. The Morgan fingerprint density at radius 3 is 2.95 bits per heavy atom. The smallest absolute Gasteiger partial charge is 0.407 e. The Balaban J connectivity index is 1.95. The second-order valence-electron chi connectivity index (χ2n) is 4.96. The summed E-state index contributed by atoms with van der Waals surface area (Å²) in [5.74, 6) is -0.0777. The molecule has 0 saturated carbocycles. The number of nitrogens with one attached hydrogen (secondary N) is 1. The molecule has 0 aliphatic carbocycles. The SMILES string of the molecule is CC1CN(C(=O)O)CC(NCc2ccccn2)C1O. The number of aliphatic hydroxyl groups excluding tert-OH is 1. The summed E-state index contributed by atoms with van der Waals surface area (Å²) in [5, 5.41) is 22.3. The van der Waals surface area contributed by atoms with Crippen molar-refractivity contribution in [1.82, 2.24) is 15.2 Å².